The average Bonchev–Trinajstić information content (AvgIpc) is 3.34. The molecule has 5 rings (SSSR count). The van der Waals surface area contributed by atoms with Crippen molar-refractivity contribution < 1.29 is 4.79 Å². The molecule has 1 unspecified atom stereocenters. The minimum Gasteiger partial charge on any atom is -0.332 e. The van der Waals surface area contributed by atoms with E-state index in [1.807, 2.05) is 6.20 Å². The van der Waals surface area contributed by atoms with Gasteiger partial charge in [-0.1, -0.05) is 17.7 Å². The average molecular weight is 389 g/mol. The molecule has 1 amide bonds. The smallest absolute Gasteiger partial charge is 0.256 e. The van der Waals surface area contributed by atoms with E-state index in [4.69, 9.17) is 0 Å². The van der Waals surface area contributed by atoms with Crippen LogP contribution in [0.2, 0.25) is 0 Å². The van der Waals surface area contributed by atoms with Crippen molar-refractivity contribution in [3.8, 4) is 5.69 Å². The Morgan fingerprint density at radius 3 is 2.59 bits per heavy atom. The summed E-state index contributed by atoms with van der Waals surface area (Å²) in [5, 5.41) is 7.31. The van der Waals surface area contributed by atoms with Gasteiger partial charge >= 0.3 is 0 Å². The van der Waals surface area contributed by atoms with Gasteiger partial charge in [0.25, 0.3) is 5.91 Å². The summed E-state index contributed by atoms with van der Waals surface area (Å²) in [5.74, 6) is 0.191. The quantitative estimate of drug-likeness (QED) is 0.725. The van der Waals surface area contributed by atoms with Gasteiger partial charge in [0.15, 0.2) is 0 Å². The van der Waals surface area contributed by atoms with E-state index in [0.717, 1.165) is 54.7 Å². The zero-order valence-corrected chi connectivity index (χ0v) is 17.4. The maximum absolute atomic E-state index is 13.7. The molecule has 0 bridgehead atoms. The van der Waals surface area contributed by atoms with E-state index in [9.17, 15) is 4.79 Å². The molecule has 1 atom stereocenters. The summed E-state index contributed by atoms with van der Waals surface area (Å²) in [5.41, 5.74) is 7.83. The number of hydrogen-bond donors (Lipinski definition) is 1. The van der Waals surface area contributed by atoms with Crippen LogP contribution < -0.4 is 0 Å². The van der Waals surface area contributed by atoms with Crippen molar-refractivity contribution >= 4 is 5.91 Å². The van der Waals surface area contributed by atoms with Crippen LogP contribution in [0.4, 0.5) is 0 Å². The lowest BCUT2D eigenvalue weighted by molar-refractivity contribution is 0.0642. The SMILES string of the molecule is Cc1ccc(-n2c(C)cc(C(=O)N(C3CC3)C3CCc4[nH]ncc4C3)c2C)cc1. The number of nitrogens with one attached hydrogen (secondary N) is 1. The van der Waals surface area contributed by atoms with Crippen molar-refractivity contribution in [1.29, 1.82) is 0 Å². The van der Waals surface area contributed by atoms with Gasteiger partial charge in [0.05, 0.1) is 11.8 Å². The van der Waals surface area contributed by atoms with Crippen LogP contribution in [0.3, 0.4) is 0 Å². The molecule has 5 heteroatoms. The zero-order chi connectivity index (χ0) is 20.1. The Balaban J connectivity index is 1.47. The van der Waals surface area contributed by atoms with Gasteiger partial charge in [0.1, 0.15) is 0 Å². The third kappa shape index (κ3) is 3.18. The van der Waals surface area contributed by atoms with Crippen LogP contribution >= 0.6 is 0 Å². The molecule has 0 radical (unpaired) electrons. The summed E-state index contributed by atoms with van der Waals surface area (Å²) in [6, 6.07) is 11.2. The molecule has 2 aromatic heterocycles. The molecule has 1 saturated carbocycles. The highest BCUT2D eigenvalue weighted by Crippen LogP contribution is 2.35. The fourth-order valence-electron chi connectivity index (χ4n) is 4.83. The fourth-order valence-corrected chi connectivity index (χ4v) is 4.83. The summed E-state index contributed by atoms with van der Waals surface area (Å²) in [7, 11) is 0. The molecule has 0 aliphatic heterocycles. The molecule has 2 heterocycles. The first-order chi connectivity index (χ1) is 14.0. The van der Waals surface area contributed by atoms with Gasteiger partial charge in [-0.2, -0.15) is 5.10 Å². The maximum Gasteiger partial charge on any atom is 0.256 e. The normalized spacial score (nSPS) is 18.5. The van der Waals surface area contributed by atoms with Gasteiger partial charge < -0.3 is 9.47 Å². The monoisotopic (exact) mass is 388 g/mol. The molecule has 2 aliphatic rings. The van der Waals surface area contributed by atoms with Gasteiger partial charge in [-0.05, 0) is 76.6 Å². The van der Waals surface area contributed by atoms with Crippen molar-refractivity contribution in [2.75, 3.05) is 0 Å². The third-order valence-corrected chi connectivity index (χ3v) is 6.51. The lowest BCUT2D eigenvalue weighted by Gasteiger charge is -2.34. The zero-order valence-electron chi connectivity index (χ0n) is 17.4. The minimum absolute atomic E-state index is 0.191. The van der Waals surface area contributed by atoms with Gasteiger partial charge in [-0.15, -0.1) is 0 Å². The molecular weight excluding hydrogens is 360 g/mol. The Labute approximate surface area is 171 Å². The Hall–Kier alpha value is -2.82. The molecule has 2 aliphatic carbocycles. The van der Waals surface area contributed by atoms with E-state index in [1.54, 1.807) is 0 Å². The van der Waals surface area contributed by atoms with Gasteiger partial charge in [-0.3, -0.25) is 9.89 Å². The number of aromatic nitrogens is 3. The van der Waals surface area contributed by atoms with Gasteiger partial charge in [0, 0.05) is 34.9 Å². The fraction of sp³-hybridized carbons (Fsp3) is 0.417. The highest BCUT2D eigenvalue weighted by molar-refractivity contribution is 5.96. The van der Waals surface area contributed by atoms with Crippen molar-refractivity contribution in [2.45, 2.75) is 65.0 Å². The summed E-state index contributed by atoms with van der Waals surface area (Å²) >= 11 is 0. The van der Waals surface area contributed by atoms with E-state index in [0.29, 0.717) is 6.04 Å². The predicted molar refractivity (Wildman–Crippen MR) is 114 cm³/mol. The first-order valence-corrected chi connectivity index (χ1v) is 10.6. The summed E-state index contributed by atoms with van der Waals surface area (Å²) in [6.45, 7) is 6.25. The summed E-state index contributed by atoms with van der Waals surface area (Å²) in [6.07, 6.45) is 7.06. The molecule has 1 aromatic carbocycles. The Kier molecular flexibility index (Phi) is 4.34. The van der Waals surface area contributed by atoms with Crippen LogP contribution in [-0.2, 0) is 12.8 Å². The number of aryl methyl sites for hydroxylation is 3. The van der Waals surface area contributed by atoms with E-state index >= 15 is 0 Å². The van der Waals surface area contributed by atoms with Crippen molar-refractivity contribution in [1.82, 2.24) is 19.7 Å². The van der Waals surface area contributed by atoms with E-state index in [-0.39, 0.29) is 11.9 Å². The molecule has 0 saturated heterocycles. The topological polar surface area (TPSA) is 53.9 Å². The van der Waals surface area contributed by atoms with E-state index in [2.05, 4.69) is 70.8 Å². The second-order valence-corrected chi connectivity index (χ2v) is 8.67. The standard InChI is InChI=1S/C24H28N4O/c1-15-4-6-19(7-5-15)27-16(2)12-22(17(27)3)24(29)28(20-8-9-20)21-10-11-23-18(13-21)14-25-26-23/h4-7,12,14,20-21H,8-11,13H2,1-3H3,(H,25,26). The molecule has 5 nitrogen and oxygen atoms in total. The number of rotatable bonds is 4. The number of fused-ring (bicyclic) bond motifs is 1. The van der Waals surface area contributed by atoms with Crippen LogP contribution in [-0.4, -0.2) is 37.7 Å². The molecular formula is C24H28N4O. The summed E-state index contributed by atoms with van der Waals surface area (Å²) < 4.78 is 2.20. The molecule has 1 N–H and O–H groups in total. The highest BCUT2D eigenvalue weighted by atomic mass is 16.2. The molecule has 3 aromatic rings. The van der Waals surface area contributed by atoms with Gasteiger partial charge in [-0.25, -0.2) is 0 Å². The number of amides is 1. The Bertz CT molecular complexity index is 1060. The molecule has 1 fully saturated rings. The number of hydrogen-bond acceptors (Lipinski definition) is 2. The van der Waals surface area contributed by atoms with Crippen LogP contribution in [0.15, 0.2) is 36.5 Å². The molecule has 29 heavy (non-hydrogen) atoms. The first kappa shape index (κ1) is 18.2. The Morgan fingerprint density at radius 1 is 1.10 bits per heavy atom. The highest BCUT2D eigenvalue weighted by Gasteiger charge is 2.40. The largest absolute Gasteiger partial charge is 0.332 e. The number of aromatic amines is 1. The van der Waals surface area contributed by atoms with Crippen molar-refractivity contribution in [3.63, 3.8) is 0 Å². The van der Waals surface area contributed by atoms with E-state index < -0.39 is 0 Å². The number of nitrogens with zero attached hydrogens (tertiary/aromatic N) is 3. The molecule has 150 valence electrons. The minimum atomic E-state index is 0.191. The first-order valence-electron chi connectivity index (χ1n) is 10.6. The van der Waals surface area contributed by atoms with Crippen molar-refractivity contribution in [2.24, 2.45) is 0 Å². The lowest BCUT2D eigenvalue weighted by Crippen LogP contribution is -2.45. The lowest BCUT2D eigenvalue weighted by atomic mass is 9.92. The third-order valence-electron chi connectivity index (χ3n) is 6.51. The maximum atomic E-state index is 13.7. The second kappa shape index (κ2) is 6.90. The van der Waals surface area contributed by atoms with Crippen LogP contribution in [0, 0.1) is 20.8 Å². The number of carbonyl (C=O) groups excluding carboxylic acids is 1. The van der Waals surface area contributed by atoms with Crippen LogP contribution in [0.25, 0.3) is 5.69 Å². The number of carbonyl (C=O) groups is 1. The van der Waals surface area contributed by atoms with Crippen molar-refractivity contribution in [3.05, 3.63) is 70.3 Å². The number of benzene rings is 1. The van der Waals surface area contributed by atoms with Gasteiger partial charge in [0.2, 0.25) is 0 Å². The van der Waals surface area contributed by atoms with Crippen LogP contribution in [0.1, 0.15) is 57.8 Å². The Morgan fingerprint density at radius 2 is 1.86 bits per heavy atom. The van der Waals surface area contributed by atoms with Crippen LogP contribution in [0.5, 0.6) is 0 Å². The predicted octanol–water partition coefficient (Wildman–Crippen LogP) is 4.29. The van der Waals surface area contributed by atoms with E-state index in [1.165, 1.54) is 16.8 Å². The second-order valence-electron chi connectivity index (χ2n) is 8.67. The summed E-state index contributed by atoms with van der Waals surface area (Å²) in [4.78, 5) is 15.9. The molecule has 0 spiro atoms. The number of H-pyrrole nitrogens is 1.